The van der Waals surface area contributed by atoms with Crippen molar-refractivity contribution >= 4 is 40.0 Å². The van der Waals surface area contributed by atoms with Gasteiger partial charge in [0, 0.05) is 25.8 Å². The fourth-order valence-electron chi connectivity index (χ4n) is 3.92. The lowest BCUT2D eigenvalue weighted by atomic mass is 10.00. The van der Waals surface area contributed by atoms with Gasteiger partial charge in [-0.2, -0.15) is 0 Å². The molecule has 0 saturated heterocycles. The lowest BCUT2D eigenvalue weighted by Crippen LogP contribution is -2.28. The lowest BCUT2D eigenvalue weighted by Gasteiger charge is -2.16. The van der Waals surface area contributed by atoms with Gasteiger partial charge in [0.2, 0.25) is 5.91 Å². The monoisotopic (exact) mass is 494 g/mol. The van der Waals surface area contributed by atoms with Crippen molar-refractivity contribution in [1.29, 1.82) is 0 Å². The van der Waals surface area contributed by atoms with Crippen molar-refractivity contribution in [2.75, 3.05) is 19.5 Å². The average Bonchev–Trinajstić information content (AvgIpc) is 3.25. The lowest BCUT2D eigenvalue weighted by molar-refractivity contribution is -0.119. The third-order valence-electron chi connectivity index (χ3n) is 5.56. The van der Waals surface area contributed by atoms with Gasteiger partial charge >= 0.3 is 0 Å². The van der Waals surface area contributed by atoms with Crippen LogP contribution in [0.3, 0.4) is 0 Å². The minimum Gasteiger partial charge on any atom is -0.385 e. The molecule has 0 bridgehead atoms. The molecule has 0 aliphatic rings. The molecule has 6 nitrogen and oxygen atoms in total. The Hall–Kier alpha value is -2.87. The van der Waals surface area contributed by atoms with Gasteiger partial charge in [0.05, 0.1) is 16.8 Å². The molecule has 3 aromatic carbocycles. The number of amides is 1. The predicted octanol–water partition coefficient (Wildman–Crippen LogP) is 5.76. The number of nitrogens with zero attached hydrogens (tertiary/aromatic N) is 3. The molecule has 8 heteroatoms. The Morgan fingerprint density at radius 1 is 1.09 bits per heavy atom. The summed E-state index contributed by atoms with van der Waals surface area (Å²) >= 11 is 7.78. The molecule has 0 radical (unpaired) electrons. The Labute approximate surface area is 208 Å². The highest BCUT2D eigenvalue weighted by molar-refractivity contribution is 7.99. The summed E-state index contributed by atoms with van der Waals surface area (Å²) in [4.78, 5) is 12.8. The third-order valence-corrected chi connectivity index (χ3v) is 6.86. The SMILES string of the molecule is COCCCn1c(SCC(=O)NC(C)c2cccc3ccccc23)nnc1-c1ccccc1Cl. The summed E-state index contributed by atoms with van der Waals surface area (Å²) in [5, 5.41) is 15.5. The second kappa shape index (κ2) is 11.5. The van der Waals surface area contributed by atoms with Crippen molar-refractivity contribution in [2.45, 2.75) is 31.1 Å². The second-order valence-electron chi connectivity index (χ2n) is 7.93. The predicted molar refractivity (Wildman–Crippen MR) is 138 cm³/mol. The molecule has 0 aliphatic heterocycles. The molecule has 1 atom stereocenters. The Balaban J connectivity index is 1.47. The molecule has 176 valence electrons. The number of rotatable bonds is 10. The van der Waals surface area contributed by atoms with E-state index in [0.29, 0.717) is 29.2 Å². The van der Waals surface area contributed by atoms with Gasteiger partial charge < -0.3 is 14.6 Å². The van der Waals surface area contributed by atoms with Crippen LogP contribution >= 0.6 is 23.4 Å². The number of hydrogen-bond acceptors (Lipinski definition) is 5. The van der Waals surface area contributed by atoms with E-state index in [4.69, 9.17) is 16.3 Å². The number of halogens is 1. The van der Waals surface area contributed by atoms with E-state index in [0.717, 1.165) is 28.3 Å². The normalized spacial score (nSPS) is 12.1. The molecule has 4 aromatic rings. The molecule has 1 amide bonds. The summed E-state index contributed by atoms with van der Waals surface area (Å²) in [6.07, 6.45) is 0.796. The van der Waals surface area contributed by atoms with Gasteiger partial charge in [0.15, 0.2) is 11.0 Å². The first-order valence-electron chi connectivity index (χ1n) is 11.2. The Morgan fingerprint density at radius 3 is 2.68 bits per heavy atom. The van der Waals surface area contributed by atoms with Gasteiger partial charge in [-0.1, -0.05) is 78.0 Å². The Bertz CT molecular complexity index is 1270. The number of nitrogens with one attached hydrogen (secondary N) is 1. The summed E-state index contributed by atoms with van der Waals surface area (Å²) in [6.45, 7) is 3.29. The van der Waals surface area contributed by atoms with Crippen molar-refractivity contribution < 1.29 is 9.53 Å². The smallest absolute Gasteiger partial charge is 0.230 e. The number of carbonyl (C=O) groups excluding carboxylic acids is 1. The van der Waals surface area contributed by atoms with Crippen molar-refractivity contribution in [3.63, 3.8) is 0 Å². The fraction of sp³-hybridized carbons (Fsp3) is 0.269. The van der Waals surface area contributed by atoms with Crippen molar-refractivity contribution in [3.05, 3.63) is 77.3 Å². The molecule has 34 heavy (non-hydrogen) atoms. The van der Waals surface area contributed by atoms with Crippen LogP contribution in [0.15, 0.2) is 71.9 Å². The molecule has 1 unspecified atom stereocenters. The highest BCUT2D eigenvalue weighted by atomic mass is 35.5. The maximum absolute atomic E-state index is 12.8. The fourth-order valence-corrected chi connectivity index (χ4v) is 4.92. The molecule has 0 saturated carbocycles. The number of ether oxygens (including phenoxy) is 1. The van der Waals surface area contributed by atoms with E-state index in [1.165, 1.54) is 11.8 Å². The number of aromatic nitrogens is 3. The molecule has 0 aliphatic carbocycles. The topological polar surface area (TPSA) is 69.0 Å². The number of carbonyl (C=O) groups is 1. The van der Waals surface area contributed by atoms with E-state index in [9.17, 15) is 4.79 Å². The molecular formula is C26H27ClN4O2S. The first-order chi connectivity index (χ1) is 16.6. The largest absolute Gasteiger partial charge is 0.385 e. The Kier molecular flexibility index (Phi) is 8.21. The summed E-state index contributed by atoms with van der Waals surface area (Å²) in [5.41, 5.74) is 1.91. The zero-order valence-corrected chi connectivity index (χ0v) is 20.8. The number of hydrogen-bond donors (Lipinski definition) is 1. The molecular weight excluding hydrogens is 468 g/mol. The quantitative estimate of drug-likeness (QED) is 0.224. The van der Waals surface area contributed by atoms with E-state index in [1.54, 1.807) is 7.11 Å². The van der Waals surface area contributed by atoms with Gasteiger partial charge in [0.25, 0.3) is 0 Å². The highest BCUT2D eigenvalue weighted by Gasteiger charge is 2.18. The van der Waals surface area contributed by atoms with E-state index < -0.39 is 0 Å². The van der Waals surface area contributed by atoms with Crippen LogP contribution in [-0.2, 0) is 16.1 Å². The van der Waals surface area contributed by atoms with Gasteiger partial charge in [0.1, 0.15) is 0 Å². The maximum atomic E-state index is 12.8. The second-order valence-corrected chi connectivity index (χ2v) is 9.28. The molecule has 4 rings (SSSR count). The van der Waals surface area contributed by atoms with Crippen LogP contribution in [0.4, 0.5) is 0 Å². The van der Waals surface area contributed by atoms with Gasteiger partial charge in [-0.25, -0.2) is 0 Å². The van der Waals surface area contributed by atoms with Gasteiger partial charge in [-0.3, -0.25) is 4.79 Å². The zero-order chi connectivity index (χ0) is 23.9. The number of benzene rings is 3. The molecule has 1 heterocycles. The van der Waals surface area contributed by atoms with Gasteiger partial charge in [-0.15, -0.1) is 10.2 Å². The molecule has 0 spiro atoms. The van der Waals surface area contributed by atoms with Crippen molar-refractivity contribution in [2.24, 2.45) is 0 Å². The number of methoxy groups -OCH3 is 1. The summed E-state index contributed by atoms with van der Waals surface area (Å²) < 4.78 is 7.22. The minimum absolute atomic E-state index is 0.0591. The van der Waals surface area contributed by atoms with Crippen LogP contribution in [0.5, 0.6) is 0 Å². The van der Waals surface area contributed by atoms with Gasteiger partial charge in [-0.05, 0) is 41.8 Å². The molecule has 1 N–H and O–H groups in total. The first-order valence-corrected chi connectivity index (χ1v) is 12.5. The van der Waals surface area contributed by atoms with Crippen LogP contribution in [0.2, 0.25) is 5.02 Å². The van der Waals surface area contributed by atoms with Crippen LogP contribution < -0.4 is 5.32 Å². The zero-order valence-electron chi connectivity index (χ0n) is 19.2. The van der Waals surface area contributed by atoms with E-state index in [1.807, 2.05) is 54.0 Å². The van der Waals surface area contributed by atoms with E-state index in [-0.39, 0.29) is 17.7 Å². The molecule has 1 aromatic heterocycles. The van der Waals surface area contributed by atoms with Crippen LogP contribution in [0.1, 0.15) is 24.9 Å². The number of fused-ring (bicyclic) bond motifs is 1. The maximum Gasteiger partial charge on any atom is 0.230 e. The van der Waals surface area contributed by atoms with Crippen LogP contribution in [0, 0.1) is 0 Å². The van der Waals surface area contributed by atoms with E-state index >= 15 is 0 Å². The van der Waals surface area contributed by atoms with E-state index in [2.05, 4.69) is 39.8 Å². The first kappa shape index (κ1) is 24.3. The van der Waals surface area contributed by atoms with Crippen molar-refractivity contribution in [1.82, 2.24) is 20.1 Å². The number of thioether (sulfide) groups is 1. The third kappa shape index (κ3) is 5.60. The standard InChI is InChI=1S/C26H27ClN4O2S/c1-18(20-13-7-10-19-9-3-4-11-21(19)20)28-24(32)17-34-26-30-29-25(31(26)15-8-16-33-2)22-12-5-6-14-23(22)27/h3-7,9-14,18H,8,15-17H2,1-2H3,(H,28,32). The van der Waals surface area contributed by atoms with Crippen LogP contribution in [0.25, 0.3) is 22.2 Å². The highest BCUT2D eigenvalue weighted by Crippen LogP contribution is 2.30. The Morgan fingerprint density at radius 2 is 1.85 bits per heavy atom. The van der Waals surface area contributed by atoms with Crippen molar-refractivity contribution in [3.8, 4) is 11.4 Å². The summed E-state index contributed by atoms with van der Waals surface area (Å²) in [7, 11) is 1.68. The summed E-state index contributed by atoms with van der Waals surface area (Å²) in [5.74, 6) is 0.866. The minimum atomic E-state index is -0.113. The van der Waals surface area contributed by atoms with Crippen LogP contribution in [-0.4, -0.2) is 40.1 Å². The average molecular weight is 495 g/mol. The summed E-state index contributed by atoms with van der Waals surface area (Å²) in [6, 6.07) is 21.8. The molecule has 0 fully saturated rings.